The molecule has 0 N–H and O–H groups in total. The van der Waals surface area contributed by atoms with Crippen LogP contribution in [-0.4, -0.2) is 21.0 Å². The van der Waals surface area contributed by atoms with Gasteiger partial charge in [-0.2, -0.15) is 0 Å². The summed E-state index contributed by atoms with van der Waals surface area (Å²) in [5.74, 6) is -0.321. The van der Waals surface area contributed by atoms with Crippen LogP contribution in [-0.2, 0) is 13.8 Å². The molecule has 0 bridgehead atoms. The minimum atomic E-state index is -3.87. The van der Waals surface area contributed by atoms with Crippen LogP contribution in [0.15, 0.2) is 17.0 Å². The fourth-order valence-corrected chi connectivity index (χ4v) is 2.84. The topological polar surface area (TPSA) is 60.4 Å². The fraction of sp³-hybridized carbons (Fsp3) is 0.462. The molecule has 0 heterocycles. The van der Waals surface area contributed by atoms with Crippen molar-refractivity contribution in [3.8, 4) is 0 Å². The van der Waals surface area contributed by atoms with Crippen LogP contribution >= 0.6 is 10.7 Å². The maximum Gasteiger partial charge on any atom is 0.338 e. The summed E-state index contributed by atoms with van der Waals surface area (Å²) in [6.45, 7) is 7.48. The van der Waals surface area contributed by atoms with E-state index in [2.05, 4.69) is 0 Å². The van der Waals surface area contributed by atoms with E-state index >= 15 is 0 Å². The number of hydrogen-bond donors (Lipinski definition) is 0. The first-order valence-corrected chi connectivity index (χ1v) is 8.17. The van der Waals surface area contributed by atoms with Gasteiger partial charge in [0, 0.05) is 10.7 Å². The molecule has 0 amide bonds. The number of benzene rings is 1. The highest BCUT2D eigenvalue weighted by Crippen LogP contribution is 2.24. The summed E-state index contributed by atoms with van der Waals surface area (Å²) in [5.41, 5.74) is 1.40. The molecule has 106 valence electrons. The Balaban J connectivity index is 3.19. The Kier molecular flexibility index (Phi) is 4.98. The minimum absolute atomic E-state index is 0.0590. The third-order valence-corrected chi connectivity index (χ3v) is 4.02. The molecule has 0 radical (unpaired) electrons. The van der Waals surface area contributed by atoms with Crippen molar-refractivity contribution in [1.82, 2.24) is 0 Å². The number of carbonyl (C=O) groups excluding carboxylic acids is 1. The van der Waals surface area contributed by atoms with Crippen molar-refractivity contribution >= 4 is 25.7 Å². The standard InChI is InChI=1S/C13H17ClO4S/c1-8(2)7-18-13(15)11-6-12(19(14,16)17)10(4)5-9(11)3/h5-6,8H,7H2,1-4H3. The molecule has 0 unspecified atom stereocenters. The molecule has 1 aromatic rings. The van der Waals surface area contributed by atoms with Gasteiger partial charge in [-0.15, -0.1) is 0 Å². The monoisotopic (exact) mass is 304 g/mol. The maximum absolute atomic E-state index is 11.9. The predicted molar refractivity (Wildman–Crippen MR) is 74.1 cm³/mol. The van der Waals surface area contributed by atoms with Crippen LogP contribution in [0.3, 0.4) is 0 Å². The number of aryl methyl sites for hydroxylation is 2. The summed E-state index contributed by atoms with van der Waals surface area (Å²) in [4.78, 5) is 11.8. The molecule has 6 heteroatoms. The highest BCUT2D eigenvalue weighted by Gasteiger charge is 2.19. The van der Waals surface area contributed by atoms with E-state index in [1.807, 2.05) is 13.8 Å². The number of carbonyl (C=O) groups is 1. The molecule has 0 atom stereocenters. The van der Waals surface area contributed by atoms with E-state index in [4.69, 9.17) is 15.4 Å². The summed E-state index contributed by atoms with van der Waals surface area (Å²) in [6.07, 6.45) is 0. The number of halogens is 1. The average molecular weight is 305 g/mol. The van der Waals surface area contributed by atoms with Gasteiger partial charge in [0.2, 0.25) is 0 Å². The summed E-state index contributed by atoms with van der Waals surface area (Å²) in [6, 6.07) is 2.89. The number of hydrogen-bond acceptors (Lipinski definition) is 4. The molecule has 4 nitrogen and oxygen atoms in total. The molecule has 1 rings (SSSR count). The predicted octanol–water partition coefficient (Wildman–Crippen LogP) is 3.04. The Hall–Kier alpha value is -1.07. The second-order valence-corrected chi connectivity index (χ2v) is 7.40. The maximum atomic E-state index is 11.9. The van der Waals surface area contributed by atoms with E-state index in [0.29, 0.717) is 11.1 Å². The zero-order valence-electron chi connectivity index (χ0n) is 11.4. The van der Waals surface area contributed by atoms with Crippen molar-refractivity contribution in [3.63, 3.8) is 0 Å². The Morgan fingerprint density at radius 3 is 2.32 bits per heavy atom. The normalized spacial score (nSPS) is 11.7. The number of esters is 1. The van der Waals surface area contributed by atoms with Crippen LogP contribution in [0.25, 0.3) is 0 Å². The lowest BCUT2D eigenvalue weighted by Gasteiger charge is -2.11. The molecule has 1 aromatic carbocycles. The van der Waals surface area contributed by atoms with Gasteiger partial charge in [0.1, 0.15) is 0 Å². The number of rotatable bonds is 4. The van der Waals surface area contributed by atoms with E-state index in [-0.39, 0.29) is 23.0 Å². The van der Waals surface area contributed by atoms with Gasteiger partial charge in [-0.25, -0.2) is 13.2 Å². The van der Waals surface area contributed by atoms with Gasteiger partial charge < -0.3 is 4.74 Å². The highest BCUT2D eigenvalue weighted by atomic mass is 35.7. The summed E-state index contributed by atoms with van der Waals surface area (Å²) >= 11 is 0. The van der Waals surface area contributed by atoms with Crippen LogP contribution in [0.2, 0.25) is 0 Å². The smallest absolute Gasteiger partial charge is 0.338 e. The van der Waals surface area contributed by atoms with Crippen LogP contribution in [0.5, 0.6) is 0 Å². The summed E-state index contributed by atoms with van der Waals surface area (Å²) < 4.78 is 27.9. The van der Waals surface area contributed by atoms with E-state index in [0.717, 1.165) is 0 Å². The van der Waals surface area contributed by atoms with Crippen LogP contribution in [0, 0.1) is 19.8 Å². The van der Waals surface area contributed by atoms with Crippen LogP contribution < -0.4 is 0 Å². The van der Waals surface area contributed by atoms with E-state index < -0.39 is 15.0 Å². The van der Waals surface area contributed by atoms with Gasteiger partial charge in [-0.05, 0) is 37.0 Å². The lowest BCUT2D eigenvalue weighted by Crippen LogP contribution is -2.12. The Bertz CT molecular complexity index is 591. The Labute approximate surface area is 118 Å². The molecular formula is C13H17ClO4S. The van der Waals surface area contributed by atoms with Crippen molar-refractivity contribution in [2.75, 3.05) is 6.61 Å². The quantitative estimate of drug-likeness (QED) is 0.633. The first-order valence-electron chi connectivity index (χ1n) is 5.86. The second-order valence-electron chi connectivity index (χ2n) is 4.86. The molecule has 0 fully saturated rings. The molecule has 0 saturated heterocycles. The van der Waals surface area contributed by atoms with Gasteiger partial charge in [0.05, 0.1) is 17.1 Å². The zero-order valence-corrected chi connectivity index (χ0v) is 12.9. The third-order valence-electron chi connectivity index (χ3n) is 2.55. The second kappa shape index (κ2) is 5.92. The number of ether oxygens (including phenoxy) is 1. The van der Waals surface area contributed by atoms with Crippen molar-refractivity contribution in [2.24, 2.45) is 5.92 Å². The van der Waals surface area contributed by atoms with Gasteiger partial charge in [0.15, 0.2) is 0 Å². The summed E-state index contributed by atoms with van der Waals surface area (Å²) in [5, 5.41) is 0. The van der Waals surface area contributed by atoms with Crippen molar-refractivity contribution in [1.29, 1.82) is 0 Å². The first kappa shape index (κ1) is 16.0. The van der Waals surface area contributed by atoms with E-state index in [9.17, 15) is 13.2 Å². The molecule has 0 spiro atoms. The molecule has 0 aliphatic carbocycles. The fourth-order valence-electron chi connectivity index (χ4n) is 1.64. The van der Waals surface area contributed by atoms with Gasteiger partial charge in [0.25, 0.3) is 9.05 Å². The molecule has 0 aliphatic rings. The van der Waals surface area contributed by atoms with Crippen molar-refractivity contribution in [2.45, 2.75) is 32.6 Å². The van der Waals surface area contributed by atoms with E-state index in [1.165, 1.54) is 6.07 Å². The SMILES string of the molecule is Cc1cc(C)c(S(=O)(=O)Cl)cc1C(=O)OCC(C)C. The molecule has 19 heavy (non-hydrogen) atoms. The lowest BCUT2D eigenvalue weighted by atomic mass is 10.1. The largest absolute Gasteiger partial charge is 0.462 e. The van der Waals surface area contributed by atoms with Gasteiger partial charge >= 0.3 is 5.97 Å². The van der Waals surface area contributed by atoms with Crippen LogP contribution in [0.4, 0.5) is 0 Å². The Morgan fingerprint density at radius 2 is 1.84 bits per heavy atom. The van der Waals surface area contributed by atoms with E-state index in [1.54, 1.807) is 19.9 Å². The lowest BCUT2D eigenvalue weighted by molar-refractivity contribution is 0.0458. The summed E-state index contributed by atoms with van der Waals surface area (Å²) in [7, 11) is 1.47. The third kappa shape index (κ3) is 4.21. The average Bonchev–Trinajstić information content (AvgIpc) is 2.24. The molecular weight excluding hydrogens is 288 g/mol. The minimum Gasteiger partial charge on any atom is -0.462 e. The highest BCUT2D eigenvalue weighted by molar-refractivity contribution is 8.13. The van der Waals surface area contributed by atoms with Crippen molar-refractivity contribution in [3.05, 3.63) is 28.8 Å². The molecule has 0 aromatic heterocycles. The Morgan fingerprint density at radius 1 is 1.26 bits per heavy atom. The molecule has 0 aliphatic heterocycles. The van der Waals surface area contributed by atoms with Gasteiger partial charge in [-0.1, -0.05) is 19.9 Å². The zero-order chi connectivity index (χ0) is 14.8. The van der Waals surface area contributed by atoms with Crippen molar-refractivity contribution < 1.29 is 17.9 Å². The van der Waals surface area contributed by atoms with Crippen LogP contribution in [0.1, 0.15) is 35.3 Å². The molecule has 0 saturated carbocycles. The first-order chi connectivity index (χ1) is 8.62. The van der Waals surface area contributed by atoms with Gasteiger partial charge in [-0.3, -0.25) is 0 Å².